The molecule has 1 fully saturated rings. The third kappa shape index (κ3) is 3.44. The largest absolute Gasteiger partial charge is 0.497 e. The van der Waals surface area contributed by atoms with E-state index in [0.29, 0.717) is 18.2 Å². The zero-order chi connectivity index (χ0) is 20.8. The molecule has 0 saturated heterocycles. The molecule has 0 radical (unpaired) electrons. The number of carbonyl (C=O) groups is 1. The van der Waals surface area contributed by atoms with Crippen LogP contribution in [0, 0.1) is 6.92 Å². The number of carbonyl (C=O) groups excluding carboxylic acids is 1. The molecular weight excluding hydrogens is 378 g/mol. The number of pyridine rings is 1. The van der Waals surface area contributed by atoms with Crippen molar-refractivity contribution >= 4 is 16.8 Å². The van der Waals surface area contributed by atoms with Crippen LogP contribution >= 0.6 is 0 Å². The van der Waals surface area contributed by atoms with Crippen molar-refractivity contribution in [1.82, 2.24) is 14.8 Å². The third-order valence-electron chi connectivity index (χ3n) is 6.37. The SMILES string of the molecule is COc1ccc2c(c1)CC[C@H]2CC(=O)COc1cc(C)c2c(C3CC3)nn(C)c2n1. The minimum Gasteiger partial charge on any atom is -0.497 e. The first-order valence-corrected chi connectivity index (χ1v) is 10.7. The Balaban J connectivity index is 1.26. The normalized spacial score (nSPS) is 17.9. The number of rotatable bonds is 7. The van der Waals surface area contributed by atoms with E-state index in [1.165, 1.54) is 24.0 Å². The van der Waals surface area contributed by atoms with E-state index in [-0.39, 0.29) is 18.3 Å². The van der Waals surface area contributed by atoms with Crippen molar-refractivity contribution in [2.24, 2.45) is 7.05 Å². The fourth-order valence-corrected chi connectivity index (χ4v) is 4.66. The summed E-state index contributed by atoms with van der Waals surface area (Å²) in [5.74, 6) is 2.30. The first kappa shape index (κ1) is 19.1. The lowest BCUT2D eigenvalue weighted by atomic mass is 9.96. The number of nitrogens with zero attached hydrogens (tertiary/aromatic N) is 3. The Hall–Kier alpha value is -2.89. The van der Waals surface area contributed by atoms with Crippen LogP contribution in [0.25, 0.3) is 11.0 Å². The minimum atomic E-state index is 0.0489. The number of aromatic nitrogens is 3. The molecule has 6 heteroatoms. The second-order valence-electron chi connectivity index (χ2n) is 8.59. The molecule has 2 heterocycles. The van der Waals surface area contributed by atoms with Crippen molar-refractivity contribution in [3.8, 4) is 11.6 Å². The zero-order valence-corrected chi connectivity index (χ0v) is 17.8. The first-order chi connectivity index (χ1) is 14.5. The van der Waals surface area contributed by atoms with Gasteiger partial charge < -0.3 is 9.47 Å². The van der Waals surface area contributed by atoms with Gasteiger partial charge in [0.25, 0.3) is 0 Å². The second-order valence-corrected chi connectivity index (χ2v) is 8.59. The van der Waals surface area contributed by atoms with Crippen LogP contribution in [-0.4, -0.2) is 34.3 Å². The summed E-state index contributed by atoms with van der Waals surface area (Å²) >= 11 is 0. The average molecular weight is 405 g/mol. The summed E-state index contributed by atoms with van der Waals surface area (Å²) in [4.78, 5) is 17.3. The molecule has 0 amide bonds. The fourth-order valence-electron chi connectivity index (χ4n) is 4.66. The Morgan fingerprint density at radius 3 is 2.83 bits per heavy atom. The van der Waals surface area contributed by atoms with Gasteiger partial charge >= 0.3 is 0 Å². The smallest absolute Gasteiger partial charge is 0.215 e. The van der Waals surface area contributed by atoms with Crippen molar-refractivity contribution in [3.05, 3.63) is 46.6 Å². The van der Waals surface area contributed by atoms with E-state index in [4.69, 9.17) is 9.47 Å². The molecule has 1 aromatic carbocycles. The molecule has 2 aliphatic rings. The van der Waals surface area contributed by atoms with Crippen molar-refractivity contribution in [2.45, 2.75) is 50.9 Å². The van der Waals surface area contributed by atoms with E-state index < -0.39 is 0 Å². The molecule has 6 nitrogen and oxygen atoms in total. The maximum atomic E-state index is 12.6. The maximum Gasteiger partial charge on any atom is 0.215 e. The lowest BCUT2D eigenvalue weighted by Crippen LogP contribution is -2.15. The van der Waals surface area contributed by atoms with Crippen LogP contribution < -0.4 is 9.47 Å². The summed E-state index contributed by atoms with van der Waals surface area (Å²) in [6.45, 7) is 2.11. The van der Waals surface area contributed by atoms with Gasteiger partial charge in [-0.2, -0.15) is 10.1 Å². The third-order valence-corrected chi connectivity index (χ3v) is 6.37. The van der Waals surface area contributed by atoms with Gasteiger partial charge in [0.15, 0.2) is 11.4 Å². The lowest BCUT2D eigenvalue weighted by molar-refractivity contribution is -0.121. The van der Waals surface area contributed by atoms with Crippen molar-refractivity contribution in [2.75, 3.05) is 13.7 Å². The van der Waals surface area contributed by atoms with Gasteiger partial charge in [0, 0.05) is 30.8 Å². The minimum absolute atomic E-state index is 0.0489. The molecule has 1 saturated carbocycles. The predicted octanol–water partition coefficient (Wildman–Crippen LogP) is 4.23. The molecule has 2 aromatic heterocycles. The number of aryl methyl sites for hydroxylation is 3. The van der Waals surface area contributed by atoms with E-state index in [1.54, 1.807) is 7.11 Å². The standard InChI is InChI=1S/C24H27N3O3/c1-14-10-21(25-24-22(14)23(15-4-5-15)26-27(24)2)30-13-18(28)11-16-6-7-17-12-19(29-3)8-9-20(16)17/h8-10,12,15-16H,4-7,11,13H2,1-3H3/t16-/m0/s1. The topological polar surface area (TPSA) is 66.2 Å². The van der Waals surface area contributed by atoms with Crippen LogP contribution in [0.5, 0.6) is 11.6 Å². The highest BCUT2D eigenvalue weighted by Crippen LogP contribution is 2.43. The number of benzene rings is 1. The first-order valence-electron chi connectivity index (χ1n) is 10.7. The molecule has 156 valence electrons. The number of fused-ring (bicyclic) bond motifs is 2. The average Bonchev–Trinajstić information content (AvgIpc) is 3.43. The number of hydrogen-bond donors (Lipinski definition) is 0. The summed E-state index contributed by atoms with van der Waals surface area (Å²) in [6.07, 6.45) is 4.89. The zero-order valence-electron chi connectivity index (χ0n) is 17.8. The van der Waals surface area contributed by atoms with E-state index in [2.05, 4.69) is 29.1 Å². The number of hydrogen-bond acceptors (Lipinski definition) is 5. The highest BCUT2D eigenvalue weighted by Gasteiger charge is 2.30. The number of methoxy groups -OCH3 is 1. The van der Waals surface area contributed by atoms with Crippen LogP contribution in [0.3, 0.4) is 0 Å². The van der Waals surface area contributed by atoms with E-state index in [9.17, 15) is 4.79 Å². The van der Waals surface area contributed by atoms with Crippen LogP contribution in [0.4, 0.5) is 0 Å². The van der Waals surface area contributed by atoms with E-state index >= 15 is 0 Å². The number of ether oxygens (including phenoxy) is 2. The van der Waals surface area contributed by atoms with Gasteiger partial charge in [-0.05, 0) is 67.3 Å². The number of Topliss-reactive ketones (excluding diaryl/α,β-unsaturated/α-hetero) is 1. The summed E-state index contributed by atoms with van der Waals surface area (Å²) in [5, 5.41) is 5.81. The van der Waals surface area contributed by atoms with Crippen LogP contribution in [0.2, 0.25) is 0 Å². The fraction of sp³-hybridized carbons (Fsp3) is 0.458. The van der Waals surface area contributed by atoms with Gasteiger partial charge in [-0.3, -0.25) is 9.48 Å². The predicted molar refractivity (Wildman–Crippen MR) is 114 cm³/mol. The Morgan fingerprint density at radius 1 is 1.23 bits per heavy atom. The Labute approximate surface area is 176 Å². The van der Waals surface area contributed by atoms with E-state index in [1.807, 2.05) is 23.9 Å². The molecule has 0 aliphatic heterocycles. The van der Waals surface area contributed by atoms with Crippen LogP contribution in [0.15, 0.2) is 24.3 Å². The van der Waals surface area contributed by atoms with Crippen molar-refractivity contribution in [3.63, 3.8) is 0 Å². The molecule has 0 spiro atoms. The Bertz CT molecular complexity index is 1130. The Kier molecular flexibility index (Phi) is 4.72. The van der Waals surface area contributed by atoms with Gasteiger partial charge in [-0.25, -0.2) is 0 Å². The number of ketones is 1. The van der Waals surface area contributed by atoms with Gasteiger partial charge in [0.1, 0.15) is 12.4 Å². The molecule has 1 atom stereocenters. The van der Waals surface area contributed by atoms with Crippen molar-refractivity contribution < 1.29 is 14.3 Å². The second kappa shape index (κ2) is 7.42. The molecule has 30 heavy (non-hydrogen) atoms. The summed E-state index contributed by atoms with van der Waals surface area (Å²) in [6, 6.07) is 8.09. The van der Waals surface area contributed by atoms with Crippen LogP contribution in [0.1, 0.15) is 59.9 Å². The van der Waals surface area contributed by atoms with Gasteiger partial charge in [0.2, 0.25) is 5.88 Å². The van der Waals surface area contributed by atoms with Gasteiger partial charge in [0.05, 0.1) is 12.8 Å². The van der Waals surface area contributed by atoms with Gasteiger partial charge in [-0.1, -0.05) is 6.07 Å². The highest BCUT2D eigenvalue weighted by atomic mass is 16.5. The quantitative estimate of drug-likeness (QED) is 0.588. The molecule has 2 aliphatic carbocycles. The molecule has 3 aromatic rings. The molecule has 0 bridgehead atoms. The molecule has 0 N–H and O–H groups in total. The molecule has 5 rings (SSSR count). The molecular formula is C24H27N3O3. The monoisotopic (exact) mass is 405 g/mol. The van der Waals surface area contributed by atoms with Gasteiger partial charge in [-0.15, -0.1) is 0 Å². The van der Waals surface area contributed by atoms with E-state index in [0.717, 1.165) is 40.9 Å². The van der Waals surface area contributed by atoms with Crippen molar-refractivity contribution in [1.29, 1.82) is 0 Å². The molecule has 0 unspecified atom stereocenters. The summed E-state index contributed by atoms with van der Waals surface area (Å²) < 4.78 is 12.9. The highest BCUT2D eigenvalue weighted by molar-refractivity contribution is 5.84. The summed E-state index contributed by atoms with van der Waals surface area (Å²) in [7, 11) is 3.60. The van der Waals surface area contributed by atoms with Crippen LogP contribution in [-0.2, 0) is 18.3 Å². The summed E-state index contributed by atoms with van der Waals surface area (Å²) in [5.41, 5.74) is 5.64. The maximum absolute atomic E-state index is 12.6. The lowest BCUT2D eigenvalue weighted by Gasteiger charge is -2.12. The Morgan fingerprint density at radius 2 is 2.07 bits per heavy atom.